The highest BCUT2D eigenvalue weighted by Gasteiger charge is 2.30. The van der Waals surface area contributed by atoms with E-state index in [0.29, 0.717) is 5.69 Å². The van der Waals surface area contributed by atoms with Crippen molar-refractivity contribution in [3.05, 3.63) is 89.0 Å². The van der Waals surface area contributed by atoms with Crippen LogP contribution in [0.4, 0.5) is 30.2 Å². The molecule has 0 bridgehead atoms. The van der Waals surface area contributed by atoms with E-state index >= 15 is 0 Å². The molecule has 3 rings (SSSR count). The van der Waals surface area contributed by atoms with Crippen LogP contribution in [0.1, 0.15) is 27.0 Å². The van der Waals surface area contributed by atoms with Crippen LogP contribution in [0.3, 0.4) is 0 Å². The topological polar surface area (TPSA) is 70.2 Å². The van der Waals surface area contributed by atoms with Gasteiger partial charge >= 0.3 is 6.18 Å². The van der Waals surface area contributed by atoms with Crippen molar-refractivity contribution in [2.45, 2.75) is 20.0 Å². The number of anilines is 3. The molecule has 0 aliphatic rings. The zero-order valence-corrected chi connectivity index (χ0v) is 17.5. The van der Waals surface area contributed by atoms with Gasteiger partial charge in [-0.2, -0.15) is 13.2 Å². The second-order valence-corrected chi connectivity index (χ2v) is 7.33. The van der Waals surface area contributed by atoms with E-state index < -0.39 is 17.6 Å². The fourth-order valence-electron chi connectivity index (χ4n) is 3.08. The molecule has 0 saturated heterocycles. The number of hydrogen-bond acceptors (Lipinski definition) is 3. The predicted octanol–water partition coefficient (Wildman–Crippen LogP) is 5.63. The van der Waals surface area contributed by atoms with E-state index in [1.54, 1.807) is 12.1 Å². The van der Waals surface area contributed by atoms with E-state index in [1.807, 2.05) is 32.0 Å². The highest BCUT2D eigenvalue weighted by atomic mass is 19.4. The Bertz CT molecular complexity index is 1140. The second kappa shape index (κ2) is 9.55. The summed E-state index contributed by atoms with van der Waals surface area (Å²) in [6, 6.07) is 16.5. The Kier molecular flexibility index (Phi) is 6.82. The fourth-order valence-corrected chi connectivity index (χ4v) is 3.08. The molecule has 32 heavy (non-hydrogen) atoms. The van der Waals surface area contributed by atoms with Gasteiger partial charge in [0.1, 0.15) is 0 Å². The van der Waals surface area contributed by atoms with E-state index in [2.05, 4.69) is 16.0 Å². The minimum atomic E-state index is -4.50. The lowest BCUT2D eigenvalue weighted by atomic mass is 10.1. The van der Waals surface area contributed by atoms with Crippen molar-refractivity contribution in [1.82, 2.24) is 0 Å². The molecule has 0 saturated carbocycles. The van der Waals surface area contributed by atoms with Crippen LogP contribution in [0.15, 0.2) is 66.7 Å². The number of amides is 2. The molecule has 5 nitrogen and oxygen atoms in total. The largest absolute Gasteiger partial charge is 0.416 e. The summed E-state index contributed by atoms with van der Waals surface area (Å²) in [6.45, 7) is 3.85. The molecule has 0 aliphatic heterocycles. The lowest BCUT2D eigenvalue weighted by Crippen LogP contribution is -2.22. The summed E-state index contributed by atoms with van der Waals surface area (Å²) in [5.74, 6) is -0.816. The Labute approximate surface area is 183 Å². The maximum absolute atomic E-state index is 12.9. The predicted molar refractivity (Wildman–Crippen MR) is 119 cm³/mol. The highest BCUT2D eigenvalue weighted by molar-refractivity contribution is 6.05. The average Bonchev–Trinajstić information content (AvgIpc) is 2.74. The minimum Gasteiger partial charge on any atom is -0.376 e. The first-order chi connectivity index (χ1) is 15.1. The summed E-state index contributed by atoms with van der Waals surface area (Å²) in [6.07, 6.45) is -4.50. The number of carbonyl (C=O) groups excluding carboxylic acids is 2. The Balaban J connectivity index is 1.61. The second-order valence-electron chi connectivity index (χ2n) is 7.33. The number of nitrogens with one attached hydrogen (secondary N) is 3. The van der Waals surface area contributed by atoms with Gasteiger partial charge in [0, 0.05) is 22.6 Å². The normalized spacial score (nSPS) is 11.0. The van der Waals surface area contributed by atoms with E-state index in [0.717, 1.165) is 28.9 Å². The third kappa shape index (κ3) is 6.10. The summed E-state index contributed by atoms with van der Waals surface area (Å²) in [4.78, 5) is 24.7. The van der Waals surface area contributed by atoms with Crippen LogP contribution in [-0.4, -0.2) is 18.4 Å². The Hall–Kier alpha value is -3.81. The molecule has 3 aromatic rings. The SMILES string of the molecule is Cc1ccc(NC(=O)CNc2cccc(C(=O)Nc3cccc(C(F)(F)F)c3)c2)c(C)c1. The van der Waals surface area contributed by atoms with Crippen molar-refractivity contribution in [3.8, 4) is 0 Å². The molecule has 0 spiro atoms. The number of alkyl halides is 3. The maximum atomic E-state index is 12.9. The molecule has 166 valence electrons. The molecular weight excluding hydrogens is 419 g/mol. The molecule has 0 atom stereocenters. The molecule has 2 amide bonds. The van der Waals surface area contributed by atoms with Crippen molar-refractivity contribution in [3.63, 3.8) is 0 Å². The number of carbonyl (C=O) groups is 2. The smallest absolute Gasteiger partial charge is 0.376 e. The molecule has 3 N–H and O–H groups in total. The monoisotopic (exact) mass is 441 g/mol. The Morgan fingerprint density at radius 3 is 2.28 bits per heavy atom. The fraction of sp³-hybridized carbons (Fsp3) is 0.167. The van der Waals surface area contributed by atoms with Gasteiger partial charge in [-0.1, -0.05) is 29.8 Å². The van der Waals surface area contributed by atoms with E-state index in [1.165, 1.54) is 24.3 Å². The first-order valence-electron chi connectivity index (χ1n) is 9.81. The zero-order valence-electron chi connectivity index (χ0n) is 17.5. The van der Waals surface area contributed by atoms with E-state index in [-0.39, 0.29) is 23.7 Å². The van der Waals surface area contributed by atoms with E-state index in [4.69, 9.17) is 0 Å². The third-order valence-corrected chi connectivity index (χ3v) is 4.68. The molecule has 0 radical (unpaired) electrons. The zero-order chi connectivity index (χ0) is 23.3. The van der Waals surface area contributed by atoms with Crippen LogP contribution < -0.4 is 16.0 Å². The number of hydrogen-bond donors (Lipinski definition) is 3. The van der Waals surface area contributed by atoms with Gasteiger partial charge in [-0.05, 0) is 61.9 Å². The van der Waals surface area contributed by atoms with Crippen LogP contribution >= 0.6 is 0 Å². The minimum absolute atomic E-state index is 0.0218. The Morgan fingerprint density at radius 1 is 0.844 bits per heavy atom. The van der Waals surface area contributed by atoms with Crippen molar-refractivity contribution in [1.29, 1.82) is 0 Å². The highest BCUT2D eigenvalue weighted by Crippen LogP contribution is 2.30. The van der Waals surface area contributed by atoms with Gasteiger partial charge in [0.15, 0.2) is 0 Å². The van der Waals surface area contributed by atoms with Crippen LogP contribution in [0.5, 0.6) is 0 Å². The van der Waals surface area contributed by atoms with Gasteiger partial charge in [-0.15, -0.1) is 0 Å². The number of aryl methyl sites for hydroxylation is 2. The summed E-state index contributed by atoms with van der Waals surface area (Å²) >= 11 is 0. The lowest BCUT2D eigenvalue weighted by Gasteiger charge is -2.12. The molecule has 0 aromatic heterocycles. The molecule has 0 aliphatic carbocycles. The Morgan fingerprint density at radius 2 is 1.56 bits per heavy atom. The van der Waals surface area contributed by atoms with Gasteiger partial charge < -0.3 is 16.0 Å². The van der Waals surface area contributed by atoms with Gasteiger partial charge in [-0.3, -0.25) is 9.59 Å². The number of rotatable bonds is 6. The molecule has 0 fully saturated rings. The van der Waals surface area contributed by atoms with E-state index in [9.17, 15) is 22.8 Å². The third-order valence-electron chi connectivity index (χ3n) is 4.68. The molecule has 3 aromatic carbocycles. The van der Waals surface area contributed by atoms with Gasteiger partial charge in [0.25, 0.3) is 5.91 Å². The maximum Gasteiger partial charge on any atom is 0.416 e. The first kappa shape index (κ1) is 22.9. The summed E-state index contributed by atoms with van der Waals surface area (Å²) in [7, 11) is 0. The molecule has 0 heterocycles. The quantitative estimate of drug-likeness (QED) is 0.465. The summed E-state index contributed by atoms with van der Waals surface area (Å²) < 4.78 is 38.6. The first-order valence-corrected chi connectivity index (χ1v) is 9.81. The van der Waals surface area contributed by atoms with Crippen molar-refractivity contribution in [2.75, 3.05) is 22.5 Å². The lowest BCUT2D eigenvalue weighted by molar-refractivity contribution is -0.137. The molecule has 8 heteroatoms. The summed E-state index contributed by atoms with van der Waals surface area (Å²) in [5.41, 5.74) is 2.72. The molecule has 0 unspecified atom stereocenters. The molecular formula is C24H22F3N3O2. The van der Waals surface area contributed by atoms with Crippen molar-refractivity contribution >= 4 is 28.9 Å². The summed E-state index contributed by atoms with van der Waals surface area (Å²) in [5, 5.41) is 8.23. The van der Waals surface area contributed by atoms with Crippen molar-refractivity contribution in [2.24, 2.45) is 0 Å². The van der Waals surface area contributed by atoms with Crippen LogP contribution in [0.25, 0.3) is 0 Å². The van der Waals surface area contributed by atoms with Gasteiger partial charge in [0.05, 0.1) is 12.1 Å². The average molecular weight is 441 g/mol. The van der Waals surface area contributed by atoms with Gasteiger partial charge in [0.2, 0.25) is 5.91 Å². The van der Waals surface area contributed by atoms with Gasteiger partial charge in [-0.25, -0.2) is 0 Å². The van der Waals surface area contributed by atoms with Crippen LogP contribution in [-0.2, 0) is 11.0 Å². The number of halogens is 3. The van der Waals surface area contributed by atoms with Crippen molar-refractivity contribution < 1.29 is 22.8 Å². The van der Waals surface area contributed by atoms with Crippen LogP contribution in [0, 0.1) is 13.8 Å². The van der Waals surface area contributed by atoms with Crippen LogP contribution in [0.2, 0.25) is 0 Å². The number of benzene rings is 3. The standard InChI is InChI=1S/C24H22F3N3O2/c1-15-9-10-21(16(2)11-15)30-22(31)14-28-19-7-3-5-17(12-19)23(32)29-20-8-4-6-18(13-20)24(25,26)27/h3-13,28H,14H2,1-2H3,(H,29,32)(H,30,31).